The van der Waals surface area contributed by atoms with Gasteiger partial charge in [-0.1, -0.05) is 32.1 Å². The summed E-state index contributed by atoms with van der Waals surface area (Å²) in [5, 5.41) is 19.7. The van der Waals surface area contributed by atoms with E-state index in [1.54, 1.807) is 0 Å². The van der Waals surface area contributed by atoms with Gasteiger partial charge in [0.2, 0.25) is 0 Å². The smallest absolute Gasteiger partial charge is 0.146 e. The monoisotopic (exact) mass is 275 g/mol. The zero-order valence-corrected chi connectivity index (χ0v) is 12.0. The van der Waals surface area contributed by atoms with E-state index < -0.39 is 12.2 Å². The van der Waals surface area contributed by atoms with Crippen LogP contribution in [0.4, 0.5) is 0 Å². The minimum absolute atomic E-state index is 0.154. The first-order valence-electron chi connectivity index (χ1n) is 7.32. The molecule has 0 radical (unpaired) electrons. The first-order chi connectivity index (χ1) is 9.13. The van der Waals surface area contributed by atoms with Gasteiger partial charge in [-0.05, 0) is 12.3 Å². The van der Waals surface area contributed by atoms with Crippen LogP contribution in [0.5, 0.6) is 0 Å². The van der Waals surface area contributed by atoms with E-state index in [1.807, 2.05) is 0 Å². The van der Waals surface area contributed by atoms with Crippen molar-refractivity contribution < 1.29 is 19.7 Å². The molecule has 1 rings (SSSR count). The standard InChI is InChI=1S/C14H29NO4/c1-18-10-19-9-12(16)8-14(17)13(15)7-11-5-3-2-4-6-11/h11-14,16-17H,2-10,15H2,1H3/t12-,13-,14-/m0/s1. The first kappa shape index (κ1) is 16.9. The highest BCUT2D eigenvalue weighted by Crippen LogP contribution is 2.27. The van der Waals surface area contributed by atoms with E-state index in [9.17, 15) is 10.2 Å². The van der Waals surface area contributed by atoms with Gasteiger partial charge in [-0.2, -0.15) is 0 Å². The predicted octanol–water partition coefficient (Wildman–Crippen LogP) is 1.02. The van der Waals surface area contributed by atoms with Gasteiger partial charge in [0.05, 0.1) is 18.8 Å². The minimum atomic E-state index is -0.692. The maximum atomic E-state index is 10.0. The van der Waals surface area contributed by atoms with E-state index in [4.69, 9.17) is 15.2 Å². The molecule has 1 saturated carbocycles. The summed E-state index contributed by atoms with van der Waals surface area (Å²) in [6, 6.07) is -0.250. The Hall–Kier alpha value is -0.200. The van der Waals surface area contributed by atoms with Crippen LogP contribution in [-0.2, 0) is 9.47 Å². The summed E-state index contributed by atoms with van der Waals surface area (Å²) in [6.07, 6.45) is 6.08. The van der Waals surface area contributed by atoms with Crippen molar-refractivity contribution in [3.8, 4) is 0 Å². The van der Waals surface area contributed by atoms with Gasteiger partial charge in [0.15, 0.2) is 0 Å². The van der Waals surface area contributed by atoms with Crippen LogP contribution in [0.3, 0.4) is 0 Å². The molecule has 5 heteroatoms. The Kier molecular flexibility index (Phi) is 8.57. The van der Waals surface area contributed by atoms with Gasteiger partial charge in [-0.3, -0.25) is 0 Å². The fraction of sp³-hybridized carbons (Fsp3) is 1.00. The van der Waals surface area contributed by atoms with Crippen LogP contribution in [0.15, 0.2) is 0 Å². The third-order valence-electron chi connectivity index (χ3n) is 3.85. The Labute approximate surface area is 116 Å². The first-order valence-corrected chi connectivity index (χ1v) is 7.32. The average Bonchev–Trinajstić information content (AvgIpc) is 2.40. The maximum absolute atomic E-state index is 10.0. The highest BCUT2D eigenvalue weighted by atomic mass is 16.7. The van der Waals surface area contributed by atoms with Gasteiger partial charge in [0, 0.05) is 19.6 Å². The van der Waals surface area contributed by atoms with Crippen molar-refractivity contribution in [2.75, 3.05) is 20.5 Å². The van der Waals surface area contributed by atoms with E-state index in [0.717, 1.165) is 6.42 Å². The molecule has 3 atom stereocenters. The zero-order valence-electron chi connectivity index (χ0n) is 12.0. The van der Waals surface area contributed by atoms with Crippen molar-refractivity contribution in [1.82, 2.24) is 0 Å². The Bertz CT molecular complexity index is 221. The largest absolute Gasteiger partial charge is 0.391 e. The highest BCUT2D eigenvalue weighted by Gasteiger charge is 2.23. The molecular formula is C14H29NO4. The third-order valence-corrected chi connectivity index (χ3v) is 3.85. The van der Waals surface area contributed by atoms with Crippen molar-refractivity contribution in [1.29, 1.82) is 0 Å². The predicted molar refractivity (Wildman–Crippen MR) is 73.6 cm³/mol. The van der Waals surface area contributed by atoms with E-state index in [-0.39, 0.29) is 25.9 Å². The molecule has 0 aromatic rings. The summed E-state index contributed by atoms with van der Waals surface area (Å²) in [6.45, 7) is 0.322. The number of rotatable bonds is 9. The van der Waals surface area contributed by atoms with Crippen molar-refractivity contribution in [3.05, 3.63) is 0 Å². The fourth-order valence-corrected chi connectivity index (χ4v) is 2.75. The van der Waals surface area contributed by atoms with E-state index in [1.165, 1.54) is 39.2 Å². The second kappa shape index (κ2) is 9.66. The SMILES string of the molecule is COCOC[C@@H](O)C[C@H](O)[C@@H](N)CC1CCCCC1. The average molecular weight is 275 g/mol. The minimum Gasteiger partial charge on any atom is -0.391 e. The molecule has 0 aromatic carbocycles. The molecule has 0 bridgehead atoms. The van der Waals surface area contributed by atoms with Gasteiger partial charge < -0.3 is 25.4 Å². The summed E-state index contributed by atoms with van der Waals surface area (Å²) in [4.78, 5) is 0. The number of nitrogens with two attached hydrogens (primary N) is 1. The van der Waals surface area contributed by atoms with Crippen molar-refractivity contribution in [2.45, 2.75) is 63.2 Å². The van der Waals surface area contributed by atoms with Crippen LogP contribution < -0.4 is 5.73 Å². The number of hydrogen-bond donors (Lipinski definition) is 3. The molecule has 4 N–H and O–H groups in total. The molecular weight excluding hydrogens is 246 g/mol. The van der Waals surface area contributed by atoms with Gasteiger partial charge >= 0.3 is 0 Å². The lowest BCUT2D eigenvalue weighted by Gasteiger charge is -2.27. The summed E-state index contributed by atoms with van der Waals surface area (Å²) in [5.41, 5.74) is 6.02. The molecule has 1 aliphatic carbocycles. The molecule has 0 heterocycles. The normalized spacial score (nSPS) is 22.1. The molecule has 0 aliphatic heterocycles. The Morgan fingerprint density at radius 1 is 1.21 bits per heavy atom. The molecule has 0 saturated heterocycles. The molecule has 0 amide bonds. The van der Waals surface area contributed by atoms with Crippen LogP contribution in [0, 0.1) is 5.92 Å². The lowest BCUT2D eigenvalue weighted by atomic mass is 9.83. The topological polar surface area (TPSA) is 84.9 Å². The highest BCUT2D eigenvalue weighted by molar-refractivity contribution is 4.79. The lowest BCUT2D eigenvalue weighted by molar-refractivity contribution is -0.0707. The zero-order chi connectivity index (χ0) is 14.1. The van der Waals surface area contributed by atoms with Gasteiger partial charge in [-0.15, -0.1) is 0 Å². The third kappa shape index (κ3) is 7.22. The Morgan fingerprint density at radius 3 is 2.53 bits per heavy atom. The molecule has 0 unspecified atom stereocenters. The quantitative estimate of drug-likeness (QED) is 0.432. The van der Waals surface area contributed by atoms with Crippen molar-refractivity contribution >= 4 is 0 Å². The van der Waals surface area contributed by atoms with Gasteiger partial charge in [0.1, 0.15) is 6.79 Å². The van der Waals surface area contributed by atoms with E-state index in [2.05, 4.69) is 0 Å². The van der Waals surface area contributed by atoms with Crippen LogP contribution in [0.2, 0.25) is 0 Å². The number of methoxy groups -OCH3 is 1. The second-order valence-corrected chi connectivity index (χ2v) is 5.64. The summed E-state index contributed by atoms with van der Waals surface area (Å²) in [7, 11) is 1.53. The van der Waals surface area contributed by atoms with Crippen LogP contribution >= 0.6 is 0 Å². The Morgan fingerprint density at radius 2 is 1.89 bits per heavy atom. The molecule has 1 aliphatic rings. The molecule has 0 aromatic heterocycles. The molecule has 5 nitrogen and oxygen atoms in total. The molecule has 1 fully saturated rings. The fourth-order valence-electron chi connectivity index (χ4n) is 2.75. The summed E-state index contributed by atoms with van der Waals surface area (Å²) >= 11 is 0. The van der Waals surface area contributed by atoms with Crippen LogP contribution in [0.25, 0.3) is 0 Å². The molecule has 19 heavy (non-hydrogen) atoms. The van der Waals surface area contributed by atoms with Gasteiger partial charge in [0.25, 0.3) is 0 Å². The molecule has 0 spiro atoms. The van der Waals surface area contributed by atoms with Gasteiger partial charge in [-0.25, -0.2) is 0 Å². The van der Waals surface area contributed by atoms with Crippen molar-refractivity contribution in [3.63, 3.8) is 0 Å². The van der Waals surface area contributed by atoms with E-state index in [0.29, 0.717) is 5.92 Å². The number of aliphatic hydroxyl groups excluding tert-OH is 2. The molecule has 114 valence electrons. The lowest BCUT2D eigenvalue weighted by Crippen LogP contribution is -2.39. The number of aliphatic hydroxyl groups is 2. The van der Waals surface area contributed by atoms with Crippen molar-refractivity contribution in [2.24, 2.45) is 11.7 Å². The number of hydrogen-bond acceptors (Lipinski definition) is 5. The van der Waals surface area contributed by atoms with E-state index >= 15 is 0 Å². The Balaban J connectivity index is 2.17. The van der Waals surface area contributed by atoms with Crippen LogP contribution in [-0.4, -0.2) is 49.0 Å². The summed E-state index contributed by atoms with van der Waals surface area (Å²) < 4.78 is 9.78. The number of ether oxygens (including phenoxy) is 2. The second-order valence-electron chi connectivity index (χ2n) is 5.64. The maximum Gasteiger partial charge on any atom is 0.146 e. The van der Waals surface area contributed by atoms with Crippen LogP contribution in [0.1, 0.15) is 44.9 Å². The summed E-state index contributed by atoms with van der Waals surface area (Å²) in [5.74, 6) is 0.639.